The van der Waals surface area contributed by atoms with E-state index in [1.807, 2.05) is 0 Å². The predicted octanol–water partition coefficient (Wildman–Crippen LogP) is 3.56. The van der Waals surface area contributed by atoms with Gasteiger partial charge in [-0.3, -0.25) is 19.4 Å². The molecular weight excluding hydrogens is 568 g/mol. The van der Waals surface area contributed by atoms with Gasteiger partial charge in [-0.25, -0.2) is 18.2 Å². The van der Waals surface area contributed by atoms with Gasteiger partial charge in [0.1, 0.15) is 24.2 Å². The molecule has 4 heterocycles. The first-order valence-corrected chi connectivity index (χ1v) is 12.9. The highest BCUT2D eigenvalue weighted by atomic mass is 19.4. The molecular formula is C28H21F6N5O3. The number of nitrogens with one attached hydrogen (secondary N) is 2. The van der Waals surface area contributed by atoms with Crippen LogP contribution >= 0.6 is 0 Å². The second kappa shape index (κ2) is 9.81. The van der Waals surface area contributed by atoms with E-state index in [0.717, 1.165) is 0 Å². The number of amides is 3. The van der Waals surface area contributed by atoms with Crippen molar-refractivity contribution in [2.24, 2.45) is 0 Å². The zero-order chi connectivity index (χ0) is 30.0. The van der Waals surface area contributed by atoms with E-state index in [-0.39, 0.29) is 24.3 Å². The zero-order valence-corrected chi connectivity index (χ0v) is 21.6. The van der Waals surface area contributed by atoms with Crippen LogP contribution in [0.15, 0.2) is 42.7 Å². The van der Waals surface area contributed by atoms with E-state index in [0.29, 0.717) is 39.7 Å². The summed E-state index contributed by atoms with van der Waals surface area (Å²) in [6.07, 6.45) is -2.08. The number of pyridine rings is 2. The smallest absolute Gasteiger partial charge is 0.340 e. The molecule has 0 saturated carbocycles. The molecule has 1 aromatic carbocycles. The minimum atomic E-state index is -4.84. The fraction of sp³-hybridized carbons (Fsp3) is 0.321. The van der Waals surface area contributed by atoms with Crippen molar-refractivity contribution in [1.29, 1.82) is 0 Å². The minimum absolute atomic E-state index is 0.0315. The van der Waals surface area contributed by atoms with Gasteiger partial charge in [-0.15, -0.1) is 0 Å². The van der Waals surface area contributed by atoms with Gasteiger partial charge < -0.3 is 15.5 Å². The summed E-state index contributed by atoms with van der Waals surface area (Å²) in [4.78, 5) is 48.0. The number of anilines is 1. The summed E-state index contributed by atoms with van der Waals surface area (Å²) in [6.45, 7) is -2.46. The molecule has 0 bridgehead atoms. The van der Waals surface area contributed by atoms with E-state index in [1.165, 1.54) is 12.3 Å². The Morgan fingerprint density at radius 3 is 2.62 bits per heavy atom. The van der Waals surface area contributed by atoms with Gasteiger partial charge in [-0.1, -0.05) is 6.07 Å². The largest absolute Gasteiger partial charge is 0.406 e. The molecule has 3 aliphatic rings. The first-order chi connectivity index (χ1) is 19.9. The molecule has 1 spiro atoms. The highest BCUT2D eigenvalue weighted by Crippen LogP contribution is 2.46. The van der Waals surface area contributed by atoms with E-state index in [1.54, 1.807) is 18.3 Å². The van der Waals surface area contributed by atoms with E-state index in [4.69, 9.17) is 0 Å². The van der Waals surface area contributed by atoms with Crippen LogP contribution in [0.3, 0.4) is 0 Å². The quantitative estimate of drug-likeness (QED) is 0.358. The number of carbonyl (C=O) groups excluding carboxylic acids is 3. The number of carbonyl (C=O) groups is 3. The summed E-state index contributed by atoms with van der Waals surface area (Å²) < 4.78 is 82.8. The maximum Gasteiger partial charge on any atom is 0.406 e. The third kappa shape index (κ3) is 4.64. The number of rotatable bonds is 4. The van der Waals surface area contributed by atoms with Gasteiger partial charge >= 0.3 is 6.18 Å². The summed E-state index contributed by atoms with van der Waals surface area (Å²) in [7, 11) is 0. The summed E-state index contributed by atoms with van der Waals surface area (Å²) in [5.41, 5.74) is 0.0571. The molecule has 3 amide bonds. The monoisotopic (exact) mass is 589 g/mol. The second-order valence-corrected chi connectivity index (χ2v) is 10.7. The first kappa shape index (κ1) is 27.7. The number of nitrogens with zero attached hydrogens (tertiary/aromatic N) is 3. The second-order valence-electron chi connectivity index (χ2n) is 10.7. The lowest BCUT2D eigenvalue weighted by atomic mass is 9.80. The number of alkyl halides is 3. The van der Waals surface area contributed by atoms with Crippen LogP contribution in [0.5, 0.6) is 0 Å². The Hall–Kier alpha value is -4.49. The van der Waals surface area contributed by atoms with E-state index in [2.05, 4.69) is 20.6 Å². The zero-order valence-electron chi connectivity index (χ0n) is 21.6. The summed E-state index contributed by atoms with van der Waals surface area (Å²) in [6, 6.07) is 4.56. The first-order valence-electron chi connectivity index (χ1n) is 12.9. The maximum atomic E-state index is 14.6. The number of piperidine rings is 1. The highest BCUT2D eigenvalue weighted by molar-refractivity contribution is 6.06. The number of halogens is 6. The van der Waals surface area contributed by atoms with Gasteiger partial charge in [0, 0.05) is 48.1 Å². The average Bonchev–Trinajstić information content (AvgIpc) is 3.45. The van der Waals surface area contributed by atoms with Crippen LogP contribution in [-0.4, -0.2) is 57.9 Å². The molecule has 1 unspecified atom stereocenters. The topological polar surface area (TPSA) is 104 Å². The Kier molecular flexibility index (Phi) is 6.46. The Morgan fingerprint density at radius 2 is 1.86 bits per heavy atom. The van der Waals surface area contributed by atoms with Crippen LogP contribution < -0.4 is 10.6 Å². The number of hydrogen-bond acceptors (Lipinski definition) is 5. The Balaban J connectivity index is 1.26. The van der Waals surface area contributed by atoms with Crippen LogP contribution in [0, 0.1) is 17.5 Å². The molecule has 3 atom stereocenters. The third-order valence-corrected chi connectivity index (χ3v) is 8.01. The fourth-order valence-electron chi connectivity index (χ4n) is 6.12. The van der Waals surface area contributed by atoms with Gasteiger partial charge in [0.05, 0.1) is 11.0 Å². The molecule has 6 rings (SSSR count). The van der Waals surface area contributed by atoms with Crippen molar-refractivity contribution in [3.8, 4) is 0 Å². The lowest BCUT2D eigenvalue weighted by Gasteiger charge is -2.38. The van der Waals surface area contributed by atoms with E-state index >= 15 is 0 Å². The molecule has 0 radical (unpaired) electrons. The summed E-state index contributed by atoms with van der Waals surface area (Å²) in [5.74, 6) is -7.33. The van der Waals surface area contributed by atoms with Gasteiger partial charge in [0.15, 0.2) is 11.6 Å². The molecule has 1 aliphatic carbocycles. The van der Waals surface area contributed by atoms with Crippen molar-refractivity contribution in [2.45, 2.75) is 42.8 Å². The van der Waals surface area contributed by atoms with Crippen molar-refractivity contribution >= 4 is 23.5 Å². The molecule has 14 heteroatoms. The molecule has 2 aromatic heterocycles. The lowest BCUT2D eigenvalue weighted by Crippen LogP contribution is -2.56. The van der Waals surface area contributed by atoms with Crippen LogP contribution in [0.2, 0.25) is 0 Å². The van der Waals surface area contributed by atoms with Crippen LogP contribution in [0.1, 0.15) is 45.1 Å². The van der Waals surface area contributed by atoms with Crippen molar-refractivity contribution in [2.75, 3.05) is 18.4 Å². The number of fused-ring (bicyclic) bond motifs is 3. The fourth-order valence-corrected chi connectivity index (χ4v) is 6.12. The van der Waals surface area contributed by atoms with Crippen molar-refractivity contribution in [1.82, 2.24) is 20.2 Å². The normalized spacial score (nSPS) is 23.1. The number of benzene rings is 1. The molecule has 3 aromatic rings. The lowest BCUT2D eigenvalue weighted by molar-refractivity contribution is -0.165. The number of aromatic nitrogens is 2. The molecule has 218 valence electrons. The number of likely N-dealkylation sites (tertiary alicyclic amines) is 1. The van der Waals surface area contributed by atoms with Crippen LogP contribution in [0.4, 0.5) is 32.2 Å². The SMILES string of the molecule is O=C(N[C@H]1C[C@@H](c2c(F)ccc(F)c2F)CN(CC(F)(F)F)C1=O)c1cnc2c(c1)CC1(C2)C(=O)Nc2ncccc21. The van der Waals surface area contributed by atoms with Gasteiger partial charge in [0.25, 0.3) is 5.91 Å². The van der Waals surface area contributed by atoms with E-state index < -0.39 is 77.9 Å². The summed E-state index contributed by atoms with van der Waals surface area (Å²) >= 11 is 0. The van der Waals surface area contributed by atoms with Crippen molar-refractivity contribution in [3.05, 3.63) is 88.1 Å². The van der Waals surface area contributed by atoms with Crippen molar-refractivity contribution in [3.63, 3.8) is 0 Å². The van der Waals surface area contributed by atoms with Crippen LogP contribution in [0.25, 0.3) is 0 Å². The molecule has 2 N–H and O–H groups in total. The standard InChI is InChI=1S/C28H21F6N5O3/c29-17-3-4-18(30)22(31)21(17)15-7-19(25(41)39(11-15)12-28(32,33)34)37-24(40)14-6-13-8-27(9-20(13)36-10-14)16-2-1-5-35-23(16)38-26(27)42/h1-6,10,15,19H,7-9,11-12H2,(H,37,40)(H,35,38,42)/t15-,19+,27?/m1/s1. The van der Waals surface area contributed by atoms with Crippen molar-refractivity contribution < 1.29 is 40.7 Å². The van der Waals surface area contributed by atoms with Gasteiger partial charge in [0.2, 0.25) is 11.8 Å². The van der Waals surface area contributed by atoms with E-state index in [9.17, 15) is 40.7 Å². The predicted molar refractivity (Wildman–Crippen MR) is 134 cm³/mol. The average molecular weight is 589 g/mol. The molecule has 42 heavy (non-hydrogen) atoms. The van der Waals surface area contributed by atoms with Crippen LogP contribution in [-0.2, 0) is 27.8 Å². The molecule has 2 aliphatic heterocycles. The Labute approximate surface area is 234 Å². The summed E-state index contributed by atoms with van der Waals surface area (Å²) in [5, 5.41) is 5.12. The molecule has 1 saturated heterocycles. The molecule has 8 nitrogen and oxygen atoms in total. The highest BCUT2D eigenvalue weighted by Gasteiger charge is 2.52. The third-order valence-electron chi connectivity index (χ3n) is 8.01. The number of hydrogen-bond donors (Lipinski definition) is 2. The Bertz CT molecular complexity index is 1650. The Morgan fingerprint density at radius 1 is 1.10 bits per heavy atom. The van der Waals surface area contributed by atoms with Gasteiger partial charge in [-0.2, -0.15) is 13.2 Å². The minimum Gasteiger partial charge on any atom is -0.340 e. The van der Waals surface area contributed by atoms with Gasteiger partial charge in [-0.05, 0) is 42.7 Å². The molecule has 1 fully saturated rings. The maximum absolute atomic E-state index is 14.6.